The van der Waals surface area contributed by atoms with Crippen LogP contribution in [0.25, 0.3) is 0 Å². The van der Waals surface area contributed by atoms with E-state index in [1.54, 1.807) is 6.07 Å². The molecule has 3 unspecified atom stereocenters. The van der Waals surface area contributed by atoms with Gasteiger partial charge in [-0.15, -0.1) is 0 Å². The maximum atomic E-state index is 11.7. The standard InChI is InChI=1S/C10H16N2O4S/c1-7(6-11)17(15,16)12-8-4-3-5-10(8,2)9(13)14/h7-8,12H,3-5H2,1-2H3,(H,13,14). The Balaban J connectivity index is 2.90. The van der Waals surface area contributed by atoms with Gasteiger partial charge >= 0.3 is 5.97 Å². The molecule has 3 atom stereocenters. The highest BCUT2D eigenvalue weighted by molar-refractivity contribution is 7.90. The molecule has 0 aliphatic heterocycles. The molecule has 0 aromatic carbocycles. The normalized spacial score (nSPS) is 30.8. The van der Waals surface area contributed by atoms with Crippen molar-refractivity contribution in [2.45, 2.75) is 44.4 Å². The van der Waals surface area contributed by atoms with E-state index in [2.05, 4.69) is 4.72 Å². The summed E-state index contributed by atoms with van der Waals surface area (Å²) in [7, 11) is -3.77. The van der Waals surface area contributed by atoms with Crippen molar-refractivity contribution in [1.29, 1.82) is 5.26 Å². The average Bonchev–Trinajstić information content (AvgIpc) is 2.60. The minimum atomic E-state index is -3.77. The first kappa shape index (κ1) is 13.9. The summed E-state index contributed by atoms with van der Waals surface area (Å²) < 4.78 is 25.7. The lowest BCUT2D eigenvalue weighted by Crippen LogP contribution is -2.48. The van der Waals surface area contributed by atoms with Gasteiger partial charge in [-0.1, -0.05) is 6.42 Å². The van der Waals surface area contributed by atoms with Crippen LogP contribution >= 0.6 is 0 Å². The first-order chi connectivity index (χ1) is 7.74. The van der Waals surface area contributed by atoms with Crippen molar-refractivity contribution in [3.05, 3.63) is 0 Å². The number of carboxylic acid groups (broad SMARTS) is 1. The van der Waals surface area contributed by atoms with Crippen molar-refractivity contribution in [1.82, 2.24) is 4.72 Å². The summed E-state index contributed by atoms with van der Waals surface area (Å²) in [4.78, 5) is 11.2. The van der Waals surface area contributed by atoms with Crippen LogP contribution in [0.15, 0.2) is 0 Å². The molecule has 17 heavy (non-hydrogen) atoms. The van der Waals surface area contributed by atoms with Crippen molar-refractivity contribution in [2.75, 3.05) is 0 Å². The van der Waals surface area contributed by atoms with Crippen molar-refractivity contribution < 1.29 is 18.3 Å². The summed E-state index contributed by atoms with van der Waals surface area (Å²) in [6.45, 7) is 2.81. The first-order valence-corrected chi connectivity index (χ1v) is 6.93. The minimum absolute atomic E-state index is 0.441. The van der Waals surface area contributed by atoms with Gasteiger partial charge in [0.1, 0.15) is 0 Å². The molecule has 0 aromatic rings. The summed E-state index contributed by atoms with van der Waals surface area (Å²) in [6, 6.07) is 1.000. The summed E-state index contributed by atoms with van der Waals surface area (Å²) in [5.74, 6) is -1.01. The van der Waals surface area contributed by atoms with Gasteiger partial charge in [0, 0.05) is 6.04 Å². The molecule has 96 valence electrons. The summed E-state index contributed by atoms with van der Waals surface area (Å²) in [5, 5.41) is 16.6. The second-order valence-electron chi connectivity index (χ2n) is 4.60. The molecule has 2 N–H and O–H groups in total. The van der Waals surface area contributed by atoms with Gasteiger partial charge in [-0.2, -0.15) is 5.26 Å². The molecule has 0 amide bonds. The number of aliphatic carboxylic acids is 1. The number of carboxylic acids is 1. The number of nitrogens with one attached hydrogen (secondary N) is 1. The topological polar surface area (TPSA) is 107 Å². The molecule has 7 heteroatoms. The largest absolute Gasteiger partial charge is 0.481 e. The van der Waals surface area contributed by atoms with E-state index in [-0.39, 0.29) is 0 Å². The zero-order chi connectivity index (χ0) is 13.3. The lowest BCUT2D eigenvalue weighted by Gasteiger charge is -2.27. The number of rotatable bonds is 4. The Morgan fingerprint density at radius 3 is 2.71 bits per heavy atom. The van der Waals surface area contributed by atoms with Crippen LogP contribution < -0.4 is 4.72 Å². The Kier molecular flexibility index (Phi) is 3.79. The van der Waals surface area contributed by atoms with Crippen LogP contribution in [0.1, 0.15) is 33.1 Å². The predicted molar refractivity (Wildman–Crippen MR) is 60.5 cm³/mol. The van der Waals surface area contributed by atoms with E-state index in [9.17, 15) is 13.2 Å². The van der Waals surface area contributed by atoms with E-state index in [0.29, 0.717) is 19.3 Å². The van der Waals surface area contributed by atoms with Crippen LogP contribution in [0, 0.1) is 16.7 Å². The molecule has 6 nitrogen and oxygen atoms in total. The molecule has 1 rings (SSSR count). The molecule has 1 aliphatic rings. The Morgan fingerprint density at radius 2 is 2.24 bits per heavy atom. The fourth-order valence-electron chi connectivity index (χ4n) is 1.98. The van der Waals surface area contributed by atoms with E-state index in [1.807, 2.05) is 0 Å². The van der Waals surface area contributed by atoms with Crippen molar-refractivity contribution in [2.24, 2.45) is 5.41 Å². The third-order valence-electron chi connectivity index (χ3n) is 3.40. The zero-order valence-electron chi connectivity index (χ0n) is 9.80. The number of sulfonamides is 1. The molecule has 1 fully saturated rings. The molecule has 1 aliphatic carbocycles. The number of nitriles is 1. The monoisotopic (exact) mass is 260 g/mol. The van der Waals surface area contributed by atoms with E-state index in [0.717, 1.165) is 0 Å². The third kappa shape index (κ3) is 2.58. The van der Waals surface area contributed by atoms with Gasteiger partial charge in [0.05, 0.1) is 11.5 Å². The van der Waals surface area contributed by atoms with Gasteiger partial charge in [0.25, 0.3) is 0 Å². The van der Waals surface area contributed by atoms with Crippen LogP contribution in [-0.2, 0) is 14.8 Å². The molecule has 0 saturated heterocycles. The third-order valence-corrected chi connectivity index (χ3v) is 5.05. The maximum absolute atomic E-state index is 11.7. The lowest BCUT2D eigenvalue weighted by molar-refractivity contribution is -0.148. The zero-order valence-corrected chi connectivity index (χ0v) is 10.6. The van der Waals surface area contributed by atoms with Crippen LogP contribution in [0.4, 0.5) is 0 Å². The molecular weight excluding hydrogens is 244 g/mol. The molecule has 0 bridgehead atoms. The van der Waals surface area contributed by atoms with Gasteiger partial charge < -0.3 is 5.11 Å². The second kappa shape index (κ2) is 4.63. The van der Waals surface area contributed by atoms with Gasteiger partial charge in [-0.25, -0.2) is 13.1 Å². The van der Waals surface area contributed by atoms with Gasteiger partial charge in [0.2, 0.25) is 10.0 Å². The smallest absolute Gasteiger partial charge is 0.310 e. The number of hydrogen-bond donors (Lipinski definition) is 2. The summed E-state index contributed by atoms with van der Waals surface area (Å²) >= 11 is 0. The second-order valence-corrected chi connectivity index (χ2v) is 6.63. The first-order valence-electron chi connectivity index (χ1n) is 5.38. The fraction of sp³-hybridized carbons (Fsp3) is 0.800. The Labute approximate surface area is 101 Å². The number of nitrogens with zero attached hydrogens (tertiary/aromatic N) is 1. The van der Waals surface area contributed by atoms with Crippen LogP contribution in [-0.4, -0.2) is 30.8 Å². The fourth-order valence-corrected chi connectivity index (χ4v) is 3.10. The highest BCUT2D eigenvalue weighted by Gasteiger charge is 2.47. The summed E-state index contributed by atoms with van der Waals surface area (Å²) in [6.07, 6.45) is 1.59. The molecular formula is C10H16N2O4S. The number of carbonyl (C=O) groups is 1. The van der Waals surface area contributed by atoms with Crippen LogP contribution in [0.5, 0.6) is 0 Å². The van der Waals surface area contributed by atoms with E-state index >= 15 is 0 Å². The quantitative estimate of drug-likeness (QED) is 0.763. The molecule has 0 radical (unpaired) electrons. The summed E-state index contributed by atoms with van der Waals surface area (Å²) in [5.41, 5.74) is -1.08. The highest BCUT2D eigenvalue weighted by atomic mass is 32.2. The molecule has 0 spiro atoms. The van der Waals surface area contributed by atoms with Crippen LogP contribution in [0.2, 0.25) is 0 Å². The van der Waals surface area contributed by atoms with Gasteiger partial charge in [0.15, 0.2) is 5.25 Å². The highest BCUT2D eigenvalue weighted by Crippen LogP contribution is 2.38. The lowest BCUT2D eigenvalue weighted by atomic mass is 9.85. The Hall–Kier alpha value is -1.13. The van der Waals surface area contributed by atoms with E-state index in [4.69, 9.17) is 10.4 Å². The SMILES string of the molecule is CC(C#N)S(=O)(=O)NC1CCCC1(C)C(=O)O. The van der Waals surface area contributed by atoms with E-state index in [1.165, 1.54) is 13.8 Å². The van der Waals surface area contributed by atoms with E-state index < -0.39 is 32.7 Å². The molecule has 0 heterocycles. The minimum Gasteiger partial charge on any atom is -0.481 e. The predicted octanol–water partition coefficient (Wildman–Crippen LogP) is 0.461. The molecule has 1 saturated carbocycles. The number of hydrogen-bond acceptors (Lipinski definition) is 4. The Morgan fingerprint density at radius 1 is 1.65 bits per heavy atom. The van der Waals surface area contributed by atoms with Gasteiger partial charge in [-0.3, -0.25) is 4.79 Å². The van der Waals surface area contributed by atoms with Crippen LogP contribution in [0.3, 0.4) is 0 Å². The Bertz CT molecular complexity index is 453. The van der Waals surface area contributed by atoms with Crippen molar-refractivity contribution in [3.63, 3.8) is 0 Å². The van der Waals surface area contributed by atoms with Crippen molar-refractivity contribution >= 4 is 16.0 Å². The average molecular weight is 260 g/mol. The molecule has 0 aromatic heterocycles. The van der Waals surface area contributed by atoms with Crippen molar-refractivity contribution in [3.8, 4) is 6.07 Å². The maximum Gasteiger partial charge on any atom is 0.310 e. The van der Waals surface area contributed by atoms with Gasteiger partial charge in [-0.05, 0) is 26.7 Å².